The average molecular weight is 400 g/mol. The second-order valence-corrected chi connectivity index (χ2v) is 7.52. The Hall–Kier alpha value is -3.45. The summed E-state index contributed by atoms with van der Waals surface area (Å²) in [5.41, 5.74) is 6.27. The Morgan fingerprint density at radius 2 is 1.97 bits per heavy atom. The van der Waals surface area contributed by atoms with Crippen molar-refractivity contribution in [3.05, 3.63) is 65.2 Å². The van der Waals surface area contributed by atoms with Crippen LogP contribution < -0.4 is 16.0 Å². The molecule has 3 aromatic rings. The number of fused-ring (bicyclic) bond motifs is 1. The molecule has 0 bridgehead atoms. The predicted octanol–water partition coefficient (Wildman–Crippen LogP) is 3.33. The summed E-state index contributed by atoms with van der Waals surface area (Å²) in [4.78, 5) is 16.5. The van der Waals surface area contributed by atoms with Crippen molar-refractivity contribution in [3.8, 4) is 11.4 Å². The van der Waals surface area contributed by atoms with Gasteiger partial charge in [-0.05, 0) is 54.8 Å². The fraction of sp³-hybridized carbons (Fsp3) is 0.261. The summed E-state index contributed by atoms with van der Waals surface area (Å²) >= 11 is 0. The van der Waals surface area contributed by atoms with E-state index < -0.39 is 0 Å². The highest BCUT2D eigenvalue weighted by molar-refractivity contribution is 5.98. The maximum absolute atomic E-state index is 11.8. The molecule has 0 saturated heterocycles. The average Bonchev–Trinajstić information content (AvgIpc) is 3.37. The van der Waals surface area contributed by atoms with Crippen molar-refractivity contribution in [1.29, 1.82) is 0 Å². The third-order valence-corrected chi connectivity index (χ3v) is 5.59. The Morgan fingerprint density at radius 1 is 1.13 bits per heavy atom. The summed E-state index contributed by atoms with van der Waals surface area (Å²) in [7, 11) is 0. The SMILES string of the molecule is CCn1nc(-c2ccc(C3=CCNCC3)cc2)nc1Nc1ccc2c(c1)CNC2=O. The van der Waals surface area contributed by atoms with Crippen molar-refractivity contribution >= 4 is 23.1 Å². The minimum Gasteiger partial charge on any atom is -0.348 e. The van der Waals surface area contributed by atoms with Crippen LogP contribution in [0.15, 0.2) is 48.5 Å². The van der Waals surface area contributed by atoms with Crippen molar-refractivity contribution in [2.75, 3.05) is 18.4 Å². The second-order valence-electron chi connectivity index (χ2n) is 7.52. The van der Waals surface area contributed by atoms with Crippen LogP contribution in [-0.2, 0) is 13.1 Å². The lowest BCUT2D eigenvalue weighted by Gasteiger charge is -2.14. The number of nitrogens with one attached hydrogen (secondary N) is 3. The lowest BCUT2D eigenvalue weighted by Crippen LogP contribution is -2.19. The molecule has 1 amide bonds. The van der Waals surface area contributed by atoms with Gasteiger partial charge in [0.05, 0.1) is 0 Å². The van der Waals surface area contributed by atoms with Crippen molar-refractivity contribution in [2.24, 2.45) is 0 Å². The van der Waals surface area contributed by atoms with Crippen LogP contribution in [0.2, 0.25) is 0 Å². The molecular formula is C23H24N6O. The summed E-state index contributed by atoms with van der Waals surface area (Å²) < 4.78 is 1.86. The van der Waals surface area contributed by atoms with Gasteiger partial charge >= 0.3 is 0 Å². The zero-order valence-corrected chi connectivity index (χ0v) is 16.9. The normalized spacial score (nSPS) is 15.5. The standard InChI is InChI=1S/C23H24N6O/c1-2-29-23(26-19-7-8-20-18(13-19)14-25-22(20)30)27-21(28-29)17-5-3-15(4-6-17)16-9-11-24-12-10-16/h3-9,13,24H,2,10-12,14H2,1H3,(H,25,30)(H,26,27,28). The molecule has 0 fully saturated rings. The first-order chi connectivity index (χ1) is 14.7. The van der Waals surface area contributed by atoms with E-state index in [1.165, 1.54) is 11.1 Å². The zero-order chi connectivity index (χ0) is 20.5. The molecule has 5 rings (SSSR count). The summed E-state index contributed by atoms with van der Waals surface area (Å²) in [5, 5.41) is 14.2. The smallest absolute Gasteiger partial charge is 0.251 e. The Bertz CT molecular complexity index is 1130. The molecule has 2 aliphatic heterocycles. The number of rotatable bonds is 5. The van der Waals surface area contributed by atoms with Crippen LogP contribution in [0.5, 0.6) is 0 Å². The number of benzene rings is 2. The van der Waals surface area contributed by atoms with Crippen LogP contribution in [0.4, 0.5) is 11.6 Å². The van der Waals surface area contributed by atoms with Gasteiger partial charge < -0.3 is 16.0 Å². The topological polar surface area (TPSA) is 83.9 Å². The monoisotopic (exact) mass is 400 g/mol. The van der Waals surface area contributed by atoms with Crippen LogP contribution in [-0.4, -0.2) is 33.8 Å². The van der Waals surface area contributed by atoms with E-state index in [-0.39, 0.29) is 5.91 Å². The first-order valence-corrected chi connectivity index (χ1v) is 10.3. The van der Waals surface area contributed by atoms with Crippen molar-refractivity contribution in [3.63, 3.8) is 0 Å². The van der Waals surface area contributed by atoms with Crippen molar-refractivity contribution in [1.82, 2.24) is 25.4 Å². The van der Waals surface area contributed by atoms with Crippen molar-refractivity contribution < 1.29 is 4.79 Å². The quantitative estimate of drug-likeness (QED) is 0.612. The summed E-state index contributed by atoms with van der Waals surface area (Å²) in [6.07, 6.45) is 3.31. The van der Waals surface area contributed by atoms with Crippen LogP contribution in [0, 0.1) is 0 Å². The number of carbonyl (C=O) groups is 1. The van der Waals surface area contributed by atoms with Gasteiger partial charge in [-0.3, -0.25) is 4.79 Å². The fourth-order valence-electron chi connectivity index (χ4n) is 3.93. The van der Waals surface area contributed by atoms with Gasteiger partial charge in [-0.1, -0.05) is 30.3 Å². The Balaban J connectivity index is 1.39. The van der Waals surface area contributed by atoms with Gasteiger partial charge in [0.25, 0.3) is 5.91 Å². The molecule has 30 heavy (non-hydrogen) atoms. The highest BCUT2D eigenvalue weighted by atomic mass is 16.1. The molecule has 0 spiro atoms. The molecule has 7 nitrogen and oxygen atoms in total. The largest absolute Gasteiger partial charge is 0.348 e. The predicted molar refractivity (Wildman–Crippen MR) is 117 cm³/mol. The van der Waals surface area contributed by atoms with Gasteiger partial charge in [0.15, 0.2) is 5.82 Å². The van der Waals surface area contributed by atoms with E-state index in [0.29, 0.717) is 24.9 Å². The molecule has 0 aliphatic carbocycles. The number of carbonyl (C=O) groups excluding carboxylic acids is 1. The number of aryl methyl sites for hydroxylation is 1. The second kappa shape index (κ2) is 7.76. The highest BCUT2D eigenvalue weighted by Crippen LogP contribution is 2.26. The lowest BCUT2D eigenvalue weighted by atomic mass is 9.99. The number of nitrogens with zero attached hydrogens (tertiary/aromatic N) is 3. The van der Waals surface area contributed by atoms with E-state index in [2.05, 4.69) is 51.4 Å². The number of hydrogen-bond acceptors (Lipinski definition) is 5. The maximum atomic E-state index is 11.8. The molecule has 0 unspecified atom stereocenters. The molecule has 0 saturated carbocycles. The van der Waals surface area contributed by atoms with E-state index >= 15 is 0 Å². The number of anilines is 2. The van der Waals surface area contributed by atoms with E-state index in [0.717, 1.165) is 41.9 Å². The zero-order valence-electron chi connectivity index (χ0n) is 16.9. The number of aromatic nitrogens is 3. The highest BCUT2D eigenvalue weighted by Gasteiger charge is 2.19. The third kappa shape index (κ3) is 3.48. The van der Waals surface area contributed by atoms with Crippen LogP contribution in [0.25, 0.3) is 17.0 Å². The summed E-state index contributed by atoms with van der Waals surface area (Å²) in [5.74, 6) is 1.37. The Morgan fingerprint density at radius 3 is 2.73 bits per heavy atom. The van der Waals surface area contributed by atoms with Gasteiger partial charge in [0, 0.05) is 36.4 Å². The van der Waals surface area contributed by atoms with Crippen LogP contribution >= 0.6 is 0 Å². The van der Waals surface area contributed by atoms with E-state index in [1.54, 1.807) is 0 Å². The molecule has 0 radical (unpaired) electrons. The molecule has 1 aromatic heterocycles. The molecule has 3 heterocycles. The lowest BCUT2D eigenvalue weighted by molar-refractivity contribution is 0.0966. The van der Waals surface area contributed by atoms with Gasteiger partial charge in [-0.2, -0.15) is 4.98 Å². The van der Waals surface area contributed by atoms with Crippen LogP contribution in [0.1, 0.15) is 34.8 Å². The van der Waals surface area contributed by atoms with Gasteiger partial charge in [-0.25, -0.2) is 4.68 Å². The molecular weight excluding hydrogens is 376 g/mol. The van der Waals surface area contributed by atoms with Crippen LogP contribution in [0.3, 0.4) is 0 Å². The van der Waals surface area contributed by atoms with Gasteiger partial charge in [0.1, 0.15) is 0 Å². The number of hydrogen-bond donors (Lipinski definition) is 3. The molecule has 2 aromatic carbocycles. The molecule has 0 atom stereocenters. The third-order valence-electron chi connectivity index (χ3n) is 5.59. The minimum atomic E-state index is -0.0146. The first kappa shape index (κ1) is 18.6. The molecule has 7 heteroatoms. The summed E-state index contributed by atoms with van der Waals surface area (Å²) in [6.45, 7) is 5.27. The summed E-state index contributed by atoms with van der Waals surface area (Å²) in [6, 6.07) is 14.2. The van der Waals surface area contributed by atoms with Gasteiger partial charge in [-0.15, -0.1) is 5.10 Å². The first-order valence-electron chi connectivity index (χ1n) is 10.3. The maximum Gasteiger partial charge on any atom is 0.251 e. The van der Waals surface area contributed by atoms with E-state index in [4.69, 9.17) is 4.98 Å². The van der Waals surface area contributed by atoms with E-state index in [9.17, 15) is 4.79 Å². The number of amides is 1. The Kier molecular flexibility index (Phi) is 4.80. The van der Waals surface area contributed by atoms with E-state index in [1.807, 2.05) is 29.8 Å². The molecule has 152 valence electrons. The molecule has 3 N–H and O–H groups in total. The van der Waals surface area contributed by atoms with Crippen molar-refractivity contribution in [2.45, 2.75) is 26.4 Å². The molecule has 2 aliphatic rings. The minimum absolute atomic E-state index is 0.0146. The van der Waals surface area contributed by atoms with Gasteiger partial charge in [0.2, 0.25) is 5.95 Å². The fourth-order valence-corrected chi connectivity index (χ4v) is 3.93. The Labute approximate surface area is 175 Å².